The van der Waals surface area contributed by atoms with Crippen LogP contribution in [0.15, 0.2) is 77.7 Å². The average molecular weight is 610 g/mol. The van der Waals surface area contributed by atoms with Crippen LogP contribution in [0.25, 0.3) is 11.3 Å². The van der Waals surface area contributed by atoms with Gasteiger partial charge in [-0.15, -0.1) is 0 Å². The number of amides is 1. The normalized spacial score (nSPS) is 16.4. The molecule has 2 aliphatic rings. The first kappa shape index (κ1) is 27.9. The second kappa shape index (κ2) is 11.6. The SMILES string of the molecule is O=C(NCc1cc(-c2ccc3c(c2)OCO3)nc(Nc2ccc(Cl)cc2)n1)[C@@H]1CCCN1S(=O)(=O)c1ccc(F)cc1. The zero-order chi connectivity index (χ0) is 29.3. The van der Waals surface area contributed by atoms with E-state index in [4.69, 9.17) is 21.1 Å². The Hall–Kier alpha value is -4.26. The number of rotatable bonds is 8. The van der Waals surface area contributed by atoms with Crippen molar-refractivity contribution in [3.8, 4) is 22.8 Å². The smallest absolute Gasteiger partial charge is 0.243 e. The first-order chi connectivity index (χ1) is 20.3. The largest absolute Gasteiger partial charge is 0.454 e. The molecule has 0 saturated carbocycles. The molecule has 42 heavy (non-hydrogen) atoms. The quantitative estimate of drug-likeness (QED) is 0.290. The van der Waals surface area contributed by atoms with Crippen molar-refractivity contribution < 1.29 is 27.1 Å². The number of nitrogens with one attached hydrogen (secondary N) is 2. The summed E-state index contributed by atoms with van der Waals surface area (Å²) >= 11 is 6.02. The van der Waals surface area contributed by atoms with E-state index in [0.29, 0.717) is 46.4 Å². The number of ether oxygens (including phenoxy) is 2. The van der Waals surface area contributed by atoms with E-state index in [-0.39, 0.29) is 30.7 Å². The lowest BCUT2D eigenvalue weighted by atomic mass is 10.1. The minimum atomic E-state index is -3.99. The van der Waals surface area contributed by atoms with E-state index < -0.39 is 27.8 Å². The van der Waals surface area contributed by atoms with Gasteiger partial charge in [0.2, 0.25) is 28.7 Å². The molecule has 1 aromatic heterocycles. The molecule has 1 amide bonds. The Morgan fingerprint density at radius 3 is 2.55 bits per heavy atom. The van der Waals surface area contributed by atoms with Crippen LogP contribution in [0.4, 0.5) is 16.0 Å². The van der Waals surface area contributed by atoms with Crippen molar-refractivity contribution in [3.05, 3.63) is 89.3 Å². The molecule has 13 heteroatoms. The number of aromatic nitrogens is 2. The van der Waals surface area contributed by atoms with Crippen LogP contribution < -0.4 is 20.1 Å². The van der Waals surface area contributed by atoms with Gasteiger partial charge in [0.05, 0.1) is 22.8 Å². The highest BCUT2D eigenvalue weighted by Crippen LogP contribution is 2.36. The predicted molar refractivity (Wildman–Crippen MR) is 153 cm³/mol. The highest BCUT2D eigenvalue weighted by atomic mass is 35.5. The molecule has 10 nitrogen and oxygen atoms in total. The maximum absolute atomic E-state index is 13.4. The van der Waals surface area contributed by atoms with Gasteiger partial charge < -0.3 is 20.1 Å². The molecular formula is C29H25ClFN5O5S. The Labute approximate surface area is 246 Å². The van der Waals surface area contributed by atoms with Crippen LogP contribution in [0.1, 0.15) is 18.5 Å². The summed E-state index contributed by atoms with van der Waals surface area (Å²) in [4.78, 5) is 22.4. The van der Waals surface area contributed by atoms with E-state index in [9.17, 15) is 17.6 Å². The molecule has 6 rings (SSSR count). The highest BCUT2D eigenvalue weighted by molar-refractivity contribution is 7.89. The first-order valence-corrected chi connectivity index (χ1v) is 14.9. The van der Waals surface area contributed by atoms with E-state index in [1.165, 1.54) is 16.4 Å². The maximum Gasteiger partial charge on any atom is 0.243 e. The van der Waals surface area contributed by atoms with Crippen LogP contribution in [-0.4, -0.2) is 48.0 Å². The van der Waals surface area contributed by atoms with Gasteiger partial charge in [0.25, 0.3) is 0 Å². The maximum atomic E-state index is 13.4. The van der Waals surface area contributed by atoms with Crippen LogP contribution in [-0.2, 0) is 21.4 Å². The number of sulfonamides is 1. The van der Waals surface area contributed by atoms with Crippen molar-refractivity contribution in [3.63, 3.8) is 0 Å². The van der Waals surface area contributed by atoms with E-state index in [0.717, 1.165) is 17.7 Å². The molecule has 0 aliphatic carbocycles. The van der Waals surface area contributed by atoms with E-state index in [1.807, 2.05) is 12.1 Å². The lowest BCUT2D eigenvalue weighted by Crippen LogP contribution is -2.45. The van der Waals surface area contributed by atoms with E-state index in [2.05, 4.69) is 20.6 Å². The van der Waals surface area contributed by atoms with Crippen LogP contribution in [0.3, 0.4) is 0 Å². The van der Waals surface area contributed by atoms with Crippen molar-refractivity contribution in [2.24, 2.45) is 0 Å². The molecule has 1 atom stereocenters. The minimum absolute atomic E-state index is 0.0230. The number of nitrogens with zero attached hydrogens (tertiary/aromatic N) is 3. The zero-order valence-corrected chi connectivity index (χ0v) is 23.7. The number of halogens is 2. The van der Waals surface area contributed by atoms with Gasteiger partial charge >= 0.3 is 0 Å². The third kappa shape index (κ3) is 5.87. The summed E-state index contributed by atoms with van der Waals surface area (Å²) in [6, 6.07) is 17.9. The molecule has 4 aromatic rings. The average Bonchev–Trinajstić information content (AvgIpc) is 3.67. The summed E-state index contributed by atoms with van der Waals surface area (Å²) in [6.45, 7) is 0.349. The van der Waals surface area contributed by atoms with Crippen LogP contribution in [0.5, 0.6) is 11.5 Å². The molecule has 216 valence electrons. The summed E-state index contributed by atoms with van der Waals surface area (Å²) in [5.41, 5.74) is 2.53. The zero-order valence-electron chi connectivity index (χ0n) is 22.1. The number of hydrogen-bond acceptors (Lipinski definition) is 8. The molecule has 0 unspecified atom stereocenters. The molecular weight excluding hydrogens is 585 g/mol. The molecule has 3 heterocycles. The van der Waals surface area contributed by atoms with Gasteiger partial charge in [-0.1, -0.05) is 11.6 Å². The van der Waals surface area contributed by atoms with E-state index in [1.54, 1.807) is 36.4 Å². The van der Waals surface area contributed by atoms with Crippen molar-refractivity contribution in [2.45, 2.75) is 30.3 Å². The third-order valence-corrected chi connectivity index (χ3v) is 9.09. The first-order valence-electron chi connectivity index (χ1n) is 13.1. The molecule has 0 spiro atoms. The summed E-state index contributed by atoms with van der Waals surface area (Å²) in [5, 5.41) is 6.58. The van der Waals surface area contributed by atoms with Gasteiger partial charge in [-0.3, -0.25) is 4.79 Å². The summed E-state index contributed by atoms with van der Waals surface area (Å²) in [7, 11) is -3.99. The molecule has 0 bridgehead atoms. The fraction of sp³-hybridized carbons (Fsp3) is 0.207. The van der Waals surface area contributed by atoms with Gasteiger partial charge in [-0.05, 0) is 85.6 Å². The van der Waals surface area contributed by atoms with Gasteiger partial charge in [-0.25, -0.2) is 22.8 Å². The number of hydrogen-bond donors (Lipinski definition) is 2. The Morgan fingerprint density at radius 2 is 1.76 bits per heavy atom. The van der Waals surface area contributed by atoms with Crippen molar-refractivity contribution in [1.29, 1.82) is 0 Å². The molecule has 2 aliphatic heterocycles. The number of carbonyl (C=O) groups excluding carboxylic acids is 1. The van der Waals surface area contributed by atoms with Gasteiger partial charge in [0, 0.05) is 22.8 Å². The van der Waals surface area contributed by atoms with E-state index >= 15 is 0 Å². The second-order valence-corrected chi connectivity index (χ2v) is 12.0. The number of carbonyl (C=O) groups is 1. The lowest BCUT2D eigenvalue weighted by Gasteiger charge is -2.23. The Bertz CT molecular complexity index is 1740. The fourth-order valence-electron chi connectivity index (χ4n) is 4.84. The number of benzene rings is 3. The van der Waals surface area contributed by atoms with Gasteiger partial charge in [0.1, 0.15) is 11.9 Å². The fourth-order valence-corrected chi connectivity index (χ4v) is 6.62. The molecule has 0 radical (unpaired) electrons. The number of anilines is 2. The second-order valence-electron chi connectivity index (χ2n) is 9.71. The summed E-state index contributed by atoms with van der Waals surface area (Å²) in [5.74, 6) is 0.527. The predicted octanol–water partition coefficient (Wildman–Crippen LogP) is 4.88. The molecule has 3 aromatic carbocycles. The van der Waals surface area contributed by atoms with Crippen LogP contribution >= 0.6 is 11.6 Å². The molecule has 1 saturated heterocycles. The Kier molecular flexibility index (Phi) is 7.67. The summed E-state index contributed by atoms with van der Waals surface area (Å²) < 4.78 is 51.9. The van der Waals surface area contributed by atoms with Gasteiger partial charge in [-0.2, -0.15) is 4.31 Å². The summed E-state index contributed by atoms with van der Waals surface area (Å²) in [6.07, 6.45) is 0.886. The molecule has 2 N–H and O–H groups in total. The monoisotopic (exact) mass is 609 g/mol. The van der Waals surface area contributed by atoms with Crippen molar-refractivity contribution in [1.82, 2.24) is 19.6 Å². The third-order valence-electron chi connectivity index (χ3n) is 6.92. The van der Waals surface area contributed by atoms with Crippen LogP contribution in [0, 0.1) is 5.82 Å². The van der Waals surface area contributed by atoms with Gasteiger partial charge in [0.15, 0.2) is 11.5 Å². The Balaban J connectivity index is 1.24. The lowest BCUT2D eigenvalue weighted by molar-refractivity contribution is -0.124. The molecule has 1 fully saturated rings. The number of fused-ring (bicyclic) bond motifs is 1. The topological polar surface area (TPSA) is 123 Å². The van der Waals surface area contributed by atoms with Crippen molar-refractivity contribution in [2.75, 3.05) is 18.7 Å². The van der Waals surface area contributed by atoms with Crippen molar-refractivity contribution >= 4 is 39.2 Å². The minimum Gasteiger partial charge on any atom is -0.454 e. The Morgan fingerprint density at radius 1 is 1.00 bits per heavy atom. The highest BCUT2D eigenvalue weighted by Gasteiger charge is 2.39. The van der Waals surface area contributed by atoms with Crippen LogP contribution in [0.2, 0.25) is 5.02 Å². The standard InChI is InChI=1S/C29H25ClFN5O5S/c30-19-4-8-21(9-5-19)33-29-34-22(15-24(35-29)18-3-12-26-27(14-18)41-17-40-26)16-32-28(37)25-2-1-13-36(25)42(38,39)23-10-6-20(31)7-11-23/h3-12,14-15,25H,1-2,13,16-17H2,(H,32,37)(H,33,34,35)/t25-/m0/s1.